The fourth-order valence-electron chi connectivity index (χ4n) is 6.55. The number of anilines is 3. The number of hydrogen-bond donors (Lipinski definition) is 2. The van der Waals surface area contributed by atoms with Gasteiger partial charge in [-0.25, -0.2) is 19.6 Å². The Balaban J connectivity index is 1.11. The van der Waals surface area contributed by atoms with Crippen molar-refractivity contribution in [2.24, 2.45) is 0 Å². The molecule has 0 radical (unpaired) electrons. The summed E-state index contributed by atoms with van der Waals surface area (Å²) in [4.78, 5) is 20.4. The van der Waals surface area contributed by atoms with Gasteiger partial charge in [0.05, 0.1) is 17.1 Å². The first-order chi connectivity index (χ1) is 19.1. The molecule has 0 bridgehead atoms. The SMILES string of the molecule is CN1CCN(C2CCC(n3nc(-c4ccc(Nc5nc6c(s5)CCCC6)cc4)c4c(N)ncnc43)CC2)CC1. The molecule has 4 aromatic rings. The molecule has 0 unspecified atom stereocenters. The van der Waals surface area contributed by atoms with E-state index >= 15 is 0 Å². The van der Waals surface area contributed by atoms with Crippen molar-refractivity contribution in [1.29, 1.82) is 0 Å². The minimum absolute atomic E-state index is 0.330. The highest BCUT2D eigenvalue weighted by atomic mass is 32.1. The molecule has 2 fully saturated rings. The molecule has 0 atom stereocenters. The van der Waals surface area contributed by atoms with E-state index in [1.165, 1.54) is 62.4 Å². The van der Waals surface area contributed by atoms with Gasteiger partial charge >= 0.3 is 0 Å². The summed E-state index contributed by atoms with van der Waals surface area (Å²) in [7, 11) is 2.22. The number of aromatic nitrogens is 5. The lowest BCUT2D eigenvalue weighted by Crippen LogP contribution is -2.49. The van der Waals surface area contributed by atoms with E-state index in [0.717, 1.165) is 58.8 Å². The van der Waals surface area contributed by atoms with Crippen molar-refractivity contribution in [1.82, 2.24) is 34.5 Å². The quantitative estimate of drug-likeness (QED) is 0.367. The third-order valence-corrected chi connectivity index (χ3v) is 9.91. The molecule has 204 valence electrons. The van der Waals surface area contributed by atoms with Crippen molar-refractivity contribution in [3.05, 3.63) is 41.2 Å². The van der Waals surface area contributed by atoms with Crippen molar-refractivity contribution in [3.63, 3.8) is 0 Å². The van der Waals surface area contributed by atoms with E-state index in [4.69, 9.17) is 15.8 Å². The fraction of sp³-hybridized carbons (Fsp3) is 0.517. The normalized spacial score (nSPS) is 22.7. The van der Waals surface area contributed by atoms with Crippen molar-refractivity contribution in [2.75, 3.05) is 44.3 Å². The van der Waals surface area contributed by atoms with Gasteiger partial charge in [-0.3, -0.25) is 4.90 Å². The zero-order valence-electron chi connectivity index (χ0n) is 22.6. The van der Waals surface area contributed by atoms with Gasteiger partial charge in [0.2, 0.25) is 0 Å². The first-order valence-electron chi connectivity index (χ1n) is 14.4. The number of nitrogens with one attached hydrogen (secondary N) is 1. The second kappa shape index (κ2) is 10.5. The predicted octanol–water partition coefficient (Wildman–Crippen LogP) is 4.89. The molecule has 0 amide bonds. The molecule has 0 spiro atoms. The van der Waals surface area contributed by atoms with Gasteiger partial charge in [0.1, 0.15) is 17.8 Å². The van der Waals surface area contributed by atoms with E-state index in [-0.39, 0.29) is 0 Å². The van der Waals surface area contributed by atoms with Crippen LogP contribution in [0.2, 0.25) is 0 Å². The van der Waals surface area contributed by atoms with Crippen LogP contribution < -0.4 is 11.1 Å². The number of likely N-dealkylation sites (N-methyl/N-ethyl adjacent to an activating group) is 1. The number of rotatable bonds is 5. The molecule has 1 aromatic carbocycles. The number of fused-ring (bicyclic) bond motifs is 2. The van der Waals surface area contributed by atoms with Crippen LogP contribution in [0.1, 0.15) is 55.1 Å². The molecule has 3 aromatic heterocycles. The third-order valence-electron chi connectivity index (χ3n) is 8.84. The van der Waals surface area contributed by atoms with Gasteiger partial charge < -0.3 is 16.0 Å². The molecule has 9 nitrogen and oxygen atoms in total. The van der Waals surface area contributed by atoms with E-state index < -0.39 is 0 Å². The first-order valence-corrected chi connectivity index (χ1v) is 15.2. The van der Waals surface area contributed by atoms with Gasteiger partial charge in [-0.15, -0.1) is 11.3 Å². The number of benzene rings is 1. The highest BCUT2D eigenvalue weighted by Crippen LogP contribution is 2.38. The Morgan fingerprint density at radius 3 is 2.44 bits per heavy atom. The van der Waals surface area contributed by atoms with Crippen LogP contribution in [0.25, 0.3) is 22.3 Å². The molecule has 4 heterocycles. The monoisotopic (exact) mass is 543 g/mol. The maximum absolute atomic E-state index is 6.41. The molecule has 39 heavy (non-hydrogen) atoms. The van der Waals surface area contributed by atoms with E-state index in [1.54, 1.807) is 17.7 Å². The molecular formula is C29H37N9S. The van der Waals surface area contributed by atoms with Crippen LogP contribution in [-0.2, 0) is 12.8 Å². The number of piperazine rings is 1. The fourth-order valence-corrected chi connectivity index (χ4v) is 7.62. The van der Waals surface area contributed by atoms with Crippen LogP contribution >= 0.6 is 11.3 Å². The highest BCUT2D eigenvalue weighted by Gasteiger charge is 2.30. The lowest BCUT2D eigenvalue weighted by molar-refractivity contribution is 0.0815. The van der Waals surface area contributed by atoms with E-state index in [9.17, 15) is 0 Å². The second-order valence-corrected chi connectivity index (χ2v) is 12.4. The summed E-state index contributed by atoms with van der Waals surface area (Å²) in [5.41, 5.74) is 11.4. The maximum atomic E-state index is 6.41. The van der Waals surface area contributed by atoms with Crippen molar-refractivity contribution in [3.8, 4) is 11.3 Å². The third kappa shape index (κ3) is 4.90. The Kier molecular flexibility index (Phi) is 6.70. The number of nitrogens with zero attached hydrogens (tertiary/aromatic N) is 7. The van der Waals surface area contributed by atoms with Gasteiger partial charge in [0, 0.05) is 48.3 Å². The molecule has 3 N–H and O–H groups in total. The summed E-state index contributed by atoms with van der Waals surface area (Å²) in [5.74, 6) is 0.489. The summed E-state index contributed by atoms with van der Waals surface area (Å²) < 4.78 is 2.13. The van der Waals surface area contributed by atoms with E-state index in [1.807, 2.05) is 0 Å². The first kappa shape index (κ1) is 24.9. The van der Waals surface area contributed by atoms with Gasteiger partial charge in [-0.1, -0.05) is 12.1 Å². The zero-order chi connectivity index (χ0) is 26.3. The number of aryl methyl sites for hydroxylation is 2. The summed E-state index contributed by atoms with van der Waals surface area (Å²) in [5, 5.41) is 10.5. The molecule has 7 rings (SSSR count). The Hall–Kier alpha value is -3.08. The lowest BCUT2D eigenvalue weighted by atomic mass is 9.90. The summed E-state index contributed by atoms with van der Waals surface area (Å²) in [6, 6.07) is 9.43. The summed E-state index contributed by atoms with van der Waals surface area (Å²) in [6.45, 7) is 4.70. The minimum Gasteiger partial charge on any atom is -0.383 e. The Morgan fingerprint density at radius 2 is 1.67 bits per heavy atom. The molecule has 1 saturated heterocycles. The van der Waals surface area contributed by atoms with Gasteiger partial charge in [0.25, 0.3) is 0 Å². The smallest absolute Gasteiger partial charge is 0.187 e. The average Bonchev–Trinajstić information content (AvgIpc) is 3.56. The van der Waals surface area contributed by atoms with Crippen LogP contribution in [0.4, 0.5) is 16.6 Å². The van der Waals surface area contributed by atoms with Crippen LogP contribution in [0, 0.1) is 0 Å². The lowest BCUT2D eigenvalue weighted by Gasteiger charge is -2.41. The number of hydrogen-bond acceptors (Lipinski definition) is 9. The van der Waals surface area contributed by atoms with Crippen LogP contribution in [-0.4, -0.2) is 73.8 Å². The number of nitrogens with two attached hydrogens (primary N) is 1. The van der Waals surface area contributed by atoms with Crippen molar-refractivity contribution < 1.29 is 0 Å². The molecular weight excluding hydrogens is 506 g/mol. The molecule has 10 heteroatoms. The van der Waals surface area contributed by atoms with E-state index in [0.29, 0.717) is 17.9 Å². The Labute approximate surface area is 233 Å². The maximum Gasteiger partial charge on any atom is 0.187 e. The summed E-state index contributed by atoms with van der Waals surface area (Å²) in [6.07, 6.45) is 11.0. The van der Waals surface area contributed by atoms with Crippen molar-refractivity contribution >= 4 is 39.0 Å². The largest absolute Gasteiger partial charge is 0.383 e. The topological polar surface area (TPSA) is 101 Å². The predicted molar refractivity (Wildman–Crippen MR) is 158 cm³/mol. The summed E-state index contributed by atoms with van der Waals surface area (Å²) >= 11 is 1.79. The number of thiazole rings is 1. The van der Waals surface area contributed by atoms with E-state index in [2.05, 4.69) is 61.1 Å². The van der Waals surface area contributed by atoms with Gasteiger partial charge in [0.15, 0.2) is 10.8 Å². The standard InChI is InChI=1S/C29H37N9S/c1-36-14-16-37(17-15-36)21-10-12-22(13-11-21)38-28-25(27(30)31-18-32-28)26(35-38)19-6-8-20(9-7-19)33-29-34-23-4-2-3-5-24(23)39-29/h6-9,18,21-22H,2-5,10-17H2,1H3,(H,33,34)(H2,30,31,32). The van der Waals surface area contributed by atoms with Crippen LogP contribution in [0.3, 0.4) is 0 Å². The van der Waals surface area contributed by atoms with Crippen molar-refractivity contribution in [2.45, 2.75) is 63.5 Å². The molecule has 3 aliphatic rings. The minimum atomic E-state index is 0.330. The van der Waals surface area contributed by atoms with Crippen LogP contribution in [0.5, 0.6) is 0 Å². The Bertz CT molecular complexity index is 1420. The van der Waals surface area contributed by atoms with Gasteiger partial charge in [-0.2, -0.15) is 5.10 Å². The second-order valence-electron chi connectivity index (χ2n) is 11.4. The highest BCUT2D eigenvalue weighted by molar-refractivity contribution is 7.15. The zero-order valence-corrected chi connectivity index (χ0v) is 23.5. The number of nitrogen functional groups attached to an aromatic ring is 1. The Morgan fingerprint density at radius 1 is 0.923 bits per heavy atom. The van der Waals surface area contributed by atoms with Gasteiger partial charge in [-0.05, 0) is 70.5 Å². The molecule has 1 saturated carbocycles. The molecule has 2 aliphatic carbocycles. The average molecular weight is 544 g/mol. The van der Waals surface area contributed by atoms with Crippen LogP contribution in [0.15, 0.2) is 30.6 Å². The molecule has 1 aliphatic heterocycles.